The van der Waals surface area contributed by atoms with Crippen LogP contribution in [0.5, 0.6) is 5.75 Å². The minimum atomic E-state index is -1.06. The van der Waals surface area contributed by atoms with Crippen LogP contribution in [0.4, 0.5) is 23.3 Å². The molecule has 4 aliphatic rings. The summed E-state index contributed by atoms with van der Waals surface area (Å²) in [5.74, 6) is 3.33. The lowest BCUT2D eigenvalue weighted by Crippen LogP contribution is -2.56. The Morgan fingerprint density at radius 3 is 2.59 bits per heavy atom. The van der Waals surface area contributed by atoms with Crippen LogP contribution in [0, 0.1) is 5.92 Å². The Hall–Kier alpha value is -3.27. The average molecular weight is 557 g/mol. The molecule has 1 spiro atoms. The third kappa shape index (κ3) is 4.12. The van der Waals surface area contributed by atoms with Crippen molar-refractivity contribution in [2.45, 2.75) is 75.7 Å². The van der Waals surface area contributed by atoms with Crippen molar-refractivity contribution in [3.05, 3.63) is 59.9 Å². The van der Waals surface area contributed by atoms with Crippen LogP contribution >= 0.6 is 0 Å². The molecule has 3 aromatic rings. The molecule has 9 heteroatoms. The van der Waals surface area contributed by atoms with Crippen molar-refractivity contribution in [2.75, 3.05) is 37.0 Å². The Balaban J connectivity index is 1.23. The highest BCUT2D eigenvalue weighted by Gasteiger charge is 2.79. The predicted octanol–water partition coefficient (Wildman–Crippen LogP) is 4.90. The number of aliphatic hydroxyl groups is 1. The van der Waals surface area contributed by atoms with Gasteiger partial charge in [0.05, 0.1) is 23.4 Å². The van der Waals surface area contributed by atoms with E-state index < -0.39 is 5.60 Å². The fourth-order valence-electron chi connectivity index (χ4n) is 7.36. The number of anilines is 4. The van der Waals surface area contributed by atoms with E-state index in [1.807, 2.05) is 48.7 Å². The Kier molecular flexibility index (Phi) is 5.76. The third-order valence-electron chi connectivity index (χ3n) is 9.78. The molecule has 2 N–H and O–H groups in total. The maximum Gasteiger partial charge on any atom is 0.229 e. The number of aromatic nitrogens is 3. The molecule has 1 aliphatic carbocycles. The van der Waals surface area contributed by atoms with Crippen molar-refractivity contribution in [1.29, 1.82) is 0 Å². The topological polar surface area (TPSA) is 95.9 Å². The molecule has 1 saturated carbocycles. The van der Waals surface area contributed by atoms with Crippen molar-refractivity contribution in [2.24, 2.45) is 5.92 Å². The highest BCUT2D eigenvalue weighted by atomic mass is 16.5. The Morgan fingerprint density at radius 1 is 1.10 bits per heavy atom. The number of hydrogen-bond donors (Lipinski definition) is 2. The summed E-state index contributed by atoms with van der Waals surface area (Å²) in [7, 11) is 2.13. The molecule has 4 atom stereocenters. The first-order chi connectivity index (χ1) is 19.4. The summed E-state index contributed by atoms with van der Waals surface area (Å²) in [6.07, 6.45) is 4.21. The molecule has 1 aromatic carbocycles. The molecular weight excluding hydrogens is 516 g/mol. The zero-order valence-corrected chi connectivity index (χ0v) is 24.8. The van der Waals surface area contributed by atoms with E-state index in [0.717, 1.165) is 54.6 Å². The molecule has 3 aliphatic heterocycles. The van der Waals surface area contributed by atoms with E-state index in [0.29, 0.717) is 24.2 Å². The number of fused-ring (bicyclic) bond motifs is 2. The molecule has 2 saturated heterocycles. The van der Waals surface area contributed by atoms with Gasteiger partial charge in [-0.25, -0.2) is 9.97 Å². The minimum Gasteiger partial charge on any atom is -0.489 e. The molecule has 216 valence electrons. The fraction of sp³-hybridized carbons (Fsp3) is 0.531. The van der Waals surface area contributed by atoms with Crippen molar-refractivity contribution in [3.8, 4) is 5.75 Å². The normalized spacial score (nSPS) is 30.0. The Labute approximate surface area is 241 Å². The second kappa shape index (κ2) is 8.86. The molecule has 9 nitrogen and oxygen atoms in total. The number of pyridine rings is 1. The van der Waals surface area contributed by atoms with Crippen LogP contribution in [0.3, 0.4) is 0 Å². The predicted molar refractivity (Wildman–Crippen MR) is 158 cm³/mol. The molecule has 0 radical (unpaired) electrons. The number of rotatable bonds is 6. The number of benzene rings is 1. The maximum atomic E-state index is 10.8. The molecule has 7 rings (SSSR count). The van der Waals surface area contributed by atoms with E-state index in [-0.39, 0.29) is 22.7 Å². The van der Waals surface area contributed by atoms with Gasteiger partial charge in [0.15, 0.2) is 0 Å². The van der Waals surface area contributed by atoms with Gasteiger partial charge in [0.1, 0.15) is 29.1 Å². The van der Waals surface area contributed by atoms with Gasteiger partial charge >= 0.3 is 0 Å². The summed E-state index contributed by atoms with van der Waals surface area (Å²) in [4.78, 5) is 19.5. The van der Waals surface area contributed by atoms with Crippen LogP contribution in [0.1, 0.15) is 58.7 Å². The van der Waals surface area contributed by atoms with Crippen LogP contribution < -0.4 is 15.0 Å². The second-order valence-corrected chi connectivity index (χ2v) is 13.6. The molecular formula is C32H40N6O3. The van der Waals surface area contributed by atoms with Crippen molar-refractivity contribution < 1.29 is 14.6 Å². The number of likely N-dealkylation sites (N-methyl/N-ethyl adjacent to an activating group) is 1. The molecule has 0 bridgehead atoms. The van der Waals surface area contributed by atoms with Gasteiger partial charge in [-0.3, -0.25) is 0 Å². The summed E-state index contributed by atoms with van der Waals surface area (Å²) in [5.41, 5.74) is 0.761. The minimum absolute atomic E-state index is 0.219. The summed E-state index contributed by atoms with van der Waals surface area (Å²) in [6.45, 7) is 12.8. The van der Waals surface area contributed by atoms with Gasteiger partial charge < -0.3 is 29.7 Å². The zero-order chi connectivity index (χ0) is 28.8. The lowest BCUT2D eigenvalue weighted by atomic mass is 9.73. The van der Waals surface area contributed by atoms with Gasteiger partial charge in [0.25, 0.3) is 0 Å². The maximum absolute atomic E-state index is 10.8. The van der Waals surface area contributed by atoms with Gasteiger partial charge in [0, 0.05) is 41.9 Å². The van der Waals surface area contributed by atoms with Crippen LogP contribution in [0.25, 0.3) is 0 Å². The standard InChI is InChI=1S/C32H40N6O3/c1-29(2,39)25-8-7-9-26(35-25)38-27-23(31(5)19-40-30(3,4)24-16-32(24,31)38)17-33-28(36-27)34-20-10-12-21(13-11-20)41-22-14-15-37(6)18-22/h7-13,17,22,24,39H,14-16,18-19H2,1-6H3,(H,33,34,36)/t22-,24?,31+,32?/m0/s1. The van der Waals surface area contributed by atoms with Crippen molar-refractivity contribution in [1.82, 2.24) is 19.9 Å². The average Bonchev–Trinajstić information content (AvgIpc) is 3.52. The van der Waals surface area contributed by atoms with E-state index in [9.17, 15) is 5.11 Å². The molecule has 2 aromatic heterocycles. The first-order valence-electron chi connectivity index (χ1n) is 14.6. The largest absolute Gasteiger partial charge is 0.489 e. The first-order valence-corrected chi connectivity index (χ1v) is 14.6. The Bertz CT molecular complexity index is 1490. The van der Waals surface area contributed by atoms with Gasteiger partial charge in [-0.2, -0.15) is 4.98 Å². The molecule has 2 unspecified atom stereocenters. The number of nitrogens with zero attached hydrogens (tertiary/aromatic N) is 5. The fourth-order valence-corrected chi connectivity index (χ4v) is 7.36. The Morgan fingerprint density at radius 2 is 1.88 bits per heavy atom. The molecule has 0 amide bonds. The van der Waals surface area contributed by atoms with Gasteiger partial charge in [-0.05, 0) is 84.0 Å². The van der Waals surface area contributed by atoms with E-state index in [1.54, 1.807) is 13.8 Å². The lowest BCUT2D eigenvalue weighted by Gasteiger charge is -2.46. The van der Waals surface area contributed by atoms with E-state index in [2.05, 4.69) is 42.9 Å². The quantitative estimate of drug-likeness (QED) is 0.439. The lowest BCUT2D eigenvalue weighted by molar-refractivity contribution is -0.0949. The molecule has 5 heterocycles. The zero-order valence-electron chi connectivity index (χ0n) is 24.8. The summed E-state index contributed by atoms with van der Waals surface area (Å²) >= 11 is 0. The van der Waals surface area contributed by atoms with Crippen LogP contribution in [-0.2, 0) is 15.8 Å². The number of likely N-dealkylation sites (tertiary alicyclic amines) is 1. The van der Waals surface area contributed by atoms with Crippen LogP contribution in [0.15, 0.2) is 48.7 Å². The monoisotopic (exact) mass is 556 g/mol. The summed E-state index contributed by atoms with van der Waals surface area (Å²) in [6, 6.07) is 13.9. The van der Waals surface area contributed by atoms with Gasteiger partial charge in [0.2, 0.25) is 5.95 Å². The van der Waals surface area contributed by atoms with Gasteiger partial charge in [-0.1, -0.05) is 13.0 Å². The number of ether oxygens (including phenoxy) is 2. The van der Waals surface area contributed by atoms with Gasteiger partial charge in [-0.15, -0.1) is 0 Å². The summed E-state index contributed by atoms with van der Waals surface area (Å²) < 4.78 is 12.6. The molecule has 41 heavy (non-hydrogen) atoms. The summed E-state index contributed by atoms with van der Waals surface area (Å²) in [5, 5.41) is 14.2. The highest BCUT2D eigenvalue weighted by Crippen LogP contribution is 2.73. The first kappa shape index (κ1) is 26.6. The van der Waals surface area contributed by atoms with E-state index >= 15 is 0 Å². The van der Waals surface area contributed by atoms with Crippen molar-refractivity contribution in [3.63, 3.8) is 0 Å². The van der Waals surface area contributed by atoms with Crippen molar-refractivity contribution >= 4 is 23.3 Å². The van der Waals surface area contributed by atoms with Crippen LogP contribution in [-0.4, -0.2) is 68.9 Å². The number of nitrogens with one attached hydrogen (secondary N) is 1. The molecule has 3 fully saturated rings. The van der Waals surface area contributed by atoms with E-state index in [4.69, 9.17) is 24.4 Å². The van der Waals surface area contributed by atoms with Crippen LogP contribution in [0.2, 0.25) is 0 Å². The smallest absolute Gasteiger partial charge is 0.229 e. The highest BCUT2D eigenvalue weighted by molar-refractivity contribution is 5.76. The second-order valence-electron chi connectivity index (χ2n) is 13.6. The third-order valence-corrected chi connectivity index (χ3v) is 9.78. The van der Waals surface area contributed by atoms with E-state index in [1.165, 1.54) is 0 Å². The SMILES string of the molecule is CN1CC[C@H](Oc2ccc(Nc3ncc4c(n3)N(c3cccc(C(C)(C)O)n3)C35CC3C(C)(C)OC[C@]45C)cc2)C1. The number of hydrogen-bond acceptors (Lipinski definition) is 9.